The highest BCUT2D eigenvalue weighted by molar-refractivity contribution is 9.10. The van der Waals surface area contributed by atoms with Crippen LogP contribution in [0.25, 0.3) is 12.2 Å². The molecule has 4 aromatic rings. The summed E-state index contributed by atoms with van der Waals surface area (Å²) in [5.41, 5.74) is 1.09. The van der Waals surface area contributed by atoms with Crippen molar-refractivity contribution in [2.75, 3.05) is 0 Å². The maximum Gasteiger partial charge on any atom is 0.276 e. The average Bonchev–Trinajstić information content (AvgIpc) is 2.95. The first kappa shape index (κ1) is 30.0. The molecule has 8 nitrogen and oxygen atoms in total. The van der Waals surface area contributed by atoms with Crippen molar-refractivity contribution in [3.63, 3.8) is 0 Å². The van der Waals surface area contributed by atoms with Gasteiger partial charge in [-0.3, -0.25) is 20.2 Å². The first-order valence-corrected chi connectivity index (χ1v) is 15.3. The van der Waals surface area contributed by atoms with Gasteiger partial charge in [0.25, 0.3) is 11.4 Å². The van der Waals surface area contributed by atoms with Gasteiger partial charge < -0.3 is 0 Å². The fraction of sp³-hybridized carbons (Fsp3) is 0.0667. The van der Waals surface area contributed by atoms with Crippen molar-refractivity contribution in [2.45, 2.75) is 10.5 Å². The van der Waals surface area contributed by atoms with E-state index in [9.17, 15) is 28.6 Å². The molecule has 0 saturated carbocycles. The highest BCUT2D eigenvalue weighted by Crippen LogP contribution is 2.38. The quantitative estimate of drug-likeness (QED) is 0.121. The number of nitro groups is 2. The summed E-state index contributed by atoms with van der Waals surface area (Å²) in [5, 5.41) is 20.7. The van der Waals surface area contributed by atoms with E-state index in [0.29, 0.717) is 11.1 Å². The lowest BCUT2D eigenvalue weighted by Gasteiger charge is -2.22. The summed E-state index contributed by atoms with van der Waals surface area (Å²) in [5.74, 6) is 0. The number of para-hydroxylation sites is 2. The predicted molar refractivity (Wildman–Crippen MR) is 167 cm³/mol. The van der Waals surface area contributed by atoms with E-state index in [0.717, 1.165) is 8.95 Å². The van der Waals surface area contributed by atoms with Gasteiger partial charge in [0.1, 0.15) is 10.5 Å². The van der Waals surface area contributed by atoms with Gasteiger partial charge in [0.2, 0.25) is 0 Å². The topological polar surface area (TPSA) is 120 Å². The third kappa shape index (κ3) is 7.24. The molecule has 0 N–H and O–H groups in total. The highest BCUT2D eigenvalue weighted by Gasteiger charge is 2.34. The number of sulfone groups is 1. The van der Waals surface area contributed by atoms with Crippen LogP contribution in [-0.2, 0) is 9.84 Å². The molecule has 0 amide bonds. The summed E-state index contributed by atoms with van der Waals surface area (Å²) in [6, 6.07) is 25.7. The monoisotopic (exact) mass is 696 g/mol. The summed E-state index contributed by atoms with van der Waals surface area (Å²) < 4.78 is 30.5. The Balaban J connectivity index is 1.88. The first-order chi connectivity index (χ1) is 19.6. The standard InChI is InChI=1S/C30H22Br2N2O6S/c31-25-15-9-23(10-16-25)29(19-13-21-5-1-3-7-27(21)33(35)36)41(39,40)30(24-11-17-26(32)18-12-24)20-14-22-6-2-4-8-28(22)34(37)38/h1-20,29-30H/b19-13+,20-14+. The molecular formula is C30H22Br2N2O6S. The summed E-state index contributed by atoms with van der Waals surface area (Å²) >= 11 is 6.75. The van der Waals surface area contributed by atoms with E-state index >= 15 is 0 Å². The second kappa shape index (κ2) is 13.2. The molecule has 11 heteroatoms. The second-order valence-electron chi connectivity index (χ2n) is 8.88. The maximum absolute atomic E-state index is 14.5. The zero-order chi connectivity index (χ0) is 29.6. The molecule has 0 heterocycles. The predicted octanol–water partition coefficient (Wildman–Crippen LogP) is 8.65. The van der Waals surface area contributed by atoms with Gasteiger partial charge in [-0.05, 0) is 47.5 Å². The van der Waals surface area contributed by atoms with E-state index in [1.54, 1.807) is 72.8 Å². The van der Waals surface area contributed by atoms with Crippen LogP contribution in [0.4, 0.5) is 11.4 Å². The zero-order valence-electron chi connectivity index (χ0n) is 21.2. The van der Waals surface area contributed by atoms with Crippen LogP contribution in [0.5, 0.6) is 0 Å². The van der Waals surface area contributed by atoms with Crippen LogP contribution in [0.2, 0.25) is 0 Å². The minimum atomic E-state index is -4.15. The SMILES string of the molecule is O=[N+]([O-])c1ccccc1/C=C/C(c1ccc(Br)cc1)S(=O)(=O)C(/C=C/c1ccccc1[N+](=O)[O-])c1ccc(Br)cc1. The molecule has 0 saturated heterocycles. The third-order valence-electron chi connectivity index (χ3n) is 6.27. The number of rotatable bonds is 10. The summed E-state index contributed by atoms with van der Waals surface area (Å²) in [6.45, 7) is 0. The smallest absolute Gasteiger partial charge is 0.258 e. The average molecular weight is 698 g/mol. The van der Waals surface area contributed by atoms with Crippen molar-refractivity contribution in [1.29, 1.82) is 0 Å². The lowest BCUT2D eigenvalue weighted by molar-refractivity contribution is -0.385. The summed E-state index contributed by atoms with van der Waals surface area (Å²) in [6.07, 6.45) is 5.75. The maximum atomic E-state index is 14.5. The Morgan fingerprint density at radius 1 is 0.585 bits per heavy atom. The van der Waals surface area contributed by atoms with Gasteiger partial charge in [-0.25, -0.2) is 8.42 Å². The van der Waals surface area contributed by atoms with Crippen LogP contribution in [0, 0.1) is 20.2 Å². The molecule has 41 heavy (non-hydrogen) atoms. The van der Waals surface area contributed by atoms with Gasteiger partial charge in [0.15, 0.2) is 9.84 Å². The third-order valence-corrected chi connectivity index (χ3v) is 9.60. The van der Waals surface area contributed by atoms with Crippen LogP contribution in [0.3, 0.4) is 0 Å². The molecule has 0 aromatic heterocycles. The molecule has 2 atom stereocenters. The molecule has 0 bridgehead atoms. The van der Waals surface area contributed by atoms with Gasteiger partial charge in [-0.15, -0.1) is 0 Å². The van der Waals surface area contributed by atoms with E-state index in [4.69, 9.17) is 0 Å². The molecule has 4 rings (SSSR count). The molecule has 0 aliphatic carbocycles. The minimum Gasteiger partial charge on any atom is -0.258 e. The Labute approximate surface area is 253 Å². The van der Waals surface area contributed by atoms with Crippen LogP contribution >= 0.6 is 31.9 Å². The van der Waals surface area contributed by atoms with E-state index in [2.05, 4.69) is 31.9 Å². The number of halogens is 2. The van der Waals surface area contributed by atoms with Gasteiger partial charge >= 0.3 is 0 Å². The van der Waals surface area contributed by atoms with Crippen molar-refractivity contribution in [2.24, 2.45) is 0 Å². The molecule has 0 radical (unpaired) electrons. The fourth-order valence-electron chi connectivity index (χ4n) is 4.26. The molecule has 0 fully saturated rings. The molecule has 0 aliphatic heterocycles. The molecule has 0 aliphatic rings. The van der Waals surface area contributed by atoms with Gasteiger partial charge in [0.05, 0.1) is 21.0 Å². The number of benzene rings is 4. The van der Waals surface area contributed by atoms with Crippen molar-refractivity contribution in [3.05, 3.63) is 161 Å². The first-order valence-electron chi connectivity index (χ1n) is 12.1. The number of nitrogens with zero attached hydrogens (tertiary/aromatic N) is 2. The second-order valence-corrected chi connectivity index (χ2v) is 12.9. The van der Waals surface area contributed by atoms with E-state index < -0.39 is 30.2 Å². The summed E-state index contributed by atoms with van der Waals surface area (Å²) in [4.78, 5) is 22.1. The fourth-order valence-corrected chi connectivity index (χ4v) is 6.77. The van der Waals surface area contributed by atoms with Gasteiger partial charge in [-0.1, -0.05) is 105 Å². The van der Waals surface area contributed by atoms with E-state index in [1.807, 2.05) is 0 Å². The Morgan fingerprint density at radius 2 is 0.927 bits per heavy atom. The Hall–Kier alpha value is -3.93. The van der Waals surface area contributed by atoms with Gasteiger partial charge in [-0.2, -0.15) is 0 Å². The van der Waals surface area contributed by atoms with Crippen molar-refractivity contribution in [3.8, 4) is 0 Å². The highest BCUT2D eigenvalue weighted by atomic mass is 79.9. The number of hydrogen-bond donors (Lipinski definition) is 0. The summed E-state index contributed by atoms with van der Waals surface area (Å²) in [7, 11) is -4.15. The largest absolute Gasteiger partial charge is 0.276 e. The van der Waals surface area contributed by atoms with E-state index in [1.165, 1.54) is 48.6 Å². The number of nitro benzene ring substituents is 2. The van der Waals surface area contributed by atoms with Gasteiger partial charge in [0, 0.05) is 21.1 Å². The molecule has 0 spiro atoms. The van der Waals surface area contributed by atoms with Crippen molar-refractivity contribution >= 4 is 65.2 Å². The zero-order valence-corrected chi connectivity index (χ0v) is 25.2. The Bertz CT molecular complexity index is 1610. The normalized spacial score (nSPS) is 13.3. The van der Waals surface area contributed by atoms with Crippen LogP contribution in [0.1, 0.15) is 32.8 Å². The van der Waals surface area contributed by atoms with E-state index in [-0.39, 0.29) is 22.5 Å². The molecular weight excluding hydrogens is 676 g/mol. The van der Waals surface area contributed by atoms with Crippen molar-refractivity contribution < 1.29 is 18.3 Å². The number of hydrogen-bond acceptors (Lipinski definition) is 6. The van der Waals surface area contributed by atoms with Crippen LogP contribution < -0.4 is 0 Å². The lowest BCUT2D eigenvalue weighted by Crippen LogP contribution is -2.19. The minimum absolute atomic E-state index is 0.156. The lowest BCUT2D eigenvalue weighted by atomic mass is 10.1. The van der Waals surface area contributed by atoms with Crippen molar-refractivity contribution in [1.82, 2.24) is 0 Å². The Kier molecular flexibility index (Phi) is 9.64. The Morgan fingerprint density at radius 3 is 1.27 bits per heavy atom. The molecule has 4 aromatic carbocycles. The van der Waals surface area contributed by atoms with Crippen LogP contribution in [-0.4, -0.2) is 18.3 Å². The molecule has 208 valence electrons. The van der Waals surface area contributed by atoms with Crippen LogP contribution in [0.15, 0.2) is 118 Å². The molecule has 2 unspecified atom stereocenters.